The number of nitrogens with one attached hydrogen (secondary N) is 1. The highest BCUT2D eigenvalue weighted by Gasteiger charge is 2.31. The summed E-state index contributed by atoms with van der Waals surface area (Å²) in [6, 6.07) is 13.5. The van der Waals surface area contributed by atoms with Gasteiger partial charge in [-0.1, -0.05) is 35.9 Å². The van der Waals surface area contributed by atoms with Gasteiger partial charge in [0.15, 0.2) is 5.78 Å². The molecule has 1 aliphatic rings. The van der Waals surface area contributed by atoms with Gasteiger partial charge in [-0.25, -0.2) is 12.7 Å². The van der Waals surface area contributed by atoms with Crippen LogP contribution in [0.1, 0.15) is 35.7 Å². The molecule has 0 spiro atoms. The number of carbonyl (C=O) groups is 2. The van der Waals surface area contributed by atoms with Crippen molar-refractivity contribution in [3.8, 4) is 0 Å². The van der Waals surface area contributed by atoms with Crippen molar-refractivity contribution in [2.24, 2.45) is 5.92 Å². The summed E-state index contributed by atoms with van der Waals surface area (Å²) in [5.74, 6) is -0.572. The van der Waals surface area contributed by atoms with Crippen molar-refractivity contribution < 1.29 is 18.0 Å². The maximum atomic E-state index is 12.7. The van der Waals surface area contributed by atoms with Gasteiger partial charge in [-0.3, -0.25) is 9.59 Å². The number of anilines is 1. The molecular weight excluding hydrogens is 412 g/mol. The topological polar surface area (TPSA) is 83.6 Å². The Morgan fingerprint density at radius 1 is 1.10 bits per heavy atom. The van der Waals surface area contributed by atoms with E-state index < -0.39 is 10.0 Å². The van der Waals surface area contributed by atoms with Gasteiger partial charge in [-0.15, -0.1) is 0 Å². The average molecular weight is 435 g/mol. The number of carbonyl (C=O) groups excluding carboxylic acids is 2. The highest BCUT2D eigenvalue weighted by molar-refractivity contribution is 7.88. The normalized spacial score (nSPS) is 15.8. The predicted octanol–water partition coefficient (Wildman–Crippen LogP) is 3.72. The Bertz CT molecular complexity index is 998. The molecule has 0 aromatic heterocycles. The summed E-state index contributed by atoms with van der Waals surface area (Å²) < 4.78 is 26.8. The molecule has 6 nitrogen and oxygen atoms in total. The van der Waals surface area contributed by atoms with Gasteiger partial charge in [0.25, 0.3) is 0 Å². The Balaban J connectivity index is 1.56. The van der Waals surface area contributed by atoms with E-state index >= 15 is 0 Å². The highest BCUT2D eigenvalue weighted by Crippen LogP contribution is 2.24. The summed E-state index contributed by atoms with van der Waals surface area (Å²) in [5, 5.41) is 3.40. The zero-order chi connectivity index (χ0) is 21.0. The molecule has 8 heteroatoms. The van der Waals surface area contributed by atoms with Crippen LogP contribution in [0.5, 0.6) is 0 Å². The van der Waals surface area contributed by atoms with Crippen LogP contribution in [0.2, 0.25) is 5.02 Å². The molecule has 0 atom stereocenters. The molecule has 0 unspecified atom stereocenters. The van der Waals surface area contributed by atoms with Crippen LogP contribution in [0.4, 0.5) is 5.69 Å². The van der Waals surface area contributed by atoms with Crippen molar-refractivity contribution in [3.63, 3.8) is 0 Å². The molecule has 0 saturated carbocycles. The van der Waals surface area contributed by atoms with Crippen LogP contribution in [0.15, 0.2) is 48.5 Å². The SMILES string of the molecule is CC(=O)c1cccc(NC(=O)C2CCN(S(=O)(=O)Cc3ccc(Cl)cc3)CC2)c1. The molecule has 154 valence electrons. The number of halogens is 1. The summed E-state index contributed by atoms with van der Waals surface area (Å²) in [5.41, 5.74) is 1.78. The fourth-order valence-corrected chi connectivity index (χ4v) is 5.03. The third-order valence-corrected chi connectivity index (χ3v) is 7.12. The average Bonchev–Trinajstić information content (AvgIpc) is 2.70. The van der Waals surface area contributed by atoms with E-state index in [0.29, 0.717) is 47.8 Å². The van der Waals surface area contributed by atoms with Crippen molar-refractivity contribution >= 4 is 39.0 Å². The monoisotopic (exact) mass is 434 g/mol. The first-order valence-electron chi connectivity index (χ1n) is 9.39. The molecule has 0 bridgehead atoms. The lowest BCUT2D eigenvalue weighted by Gasteiger charge is -2.30. The van der Waals surface area contributed by atoms with E-state index in [4.69, 9.17) is 11.6 Å². The maximum Gasteiger partial charge on any atom is 0.227 e. The zero-order valence-electron chi connectivity index (χ0n) is 16.1. The number of rotatable bonds is 6. The molecule has 3 rings (SSSR count). The molecule has 1 fully saturated rings. The van der Waals surface area contributed by atoms with Crippen LogP contribution in [-0.2, 0) is 20.6 Å². The molecular formula is C21H23ClN2O4S. The minimum atomic E-state index is -3.45. The Morgan fingerprint density at radius 2 is 1.76 bits per heavy atom. The molecule has 0 radical (unpaired) electrons. The van der Waals surface area contributed by atoms with E-state index in [-0.39, 0.29) is 23.4 Å². The standard InChI is InChI=1S/C21H23ClN2O4S/c1-15(25)18-3-2-4-20(13-18)23-21(26)17-9-11-24(12-10-17)29(27,28)14-16-5-7-19(22)8-6-16/h2-8,13,17H,9-12,14H2,1H3,(H,23,26). The van der Waals surface area contributed by atoms with Gasteiger partial charge in [-0.2, -0.15) is 0 Å². The Hall–Kier alpha value is -2.22. The summed E-state index contributed by atoms with van der Waals surface area (Å²) in [4.78, 5) is 24.0. The lowest BCUT2D eigenvalue weighted by atomic mass is 9.97. The van der Waals surface area contributed by atoms with Crippen molar-refractivity contribution in [2.45, 2.75) is 25.5 Å². The molecule has 1 aliphatic heterocycles. The fraction of sp³-hybridized carbons (Fsp3) is 0.333. The van der Waals surface area contributed by atoms with Gasteiger partial charge in [0.2, 0.25) is 15.9 Å². The molecule has 1 saturated heterocycles. The highest BCUT2D eigenvalue weighted by atomic mass is 35.5. The third kappa shape index (κ3) is 5.65. The van der Waals surface area contributed by atoms with E-state index in [1.807, 2.05) is 0 Å². The number of nitrogens with zero attached hydrogens (tertiary/aromatic N) is 1. The van der Waals surface area contributed by atoms with Crippen molar-refractivity contribution in [1.29, 1.82) is 0 Å². The number of ketones is 1. The van der Waals surface area contributed by atoms with E-state index in [1.54, 1.807) is 48.5 Å². The van der Waals surface area contributed by atoms with Gasteiger partial charge in [0, 0.05) is 35.3 Å². The summed E-state index contributed by atoms with van der Waals surface area (Å²) in [6.45, 7) is 2.09. The van der Waals surface area contributed by atoms with Gasteiger partial charge in [0.05, 0.1) is 5.75 Å². The van der Waals surface area contributed by atoms with Crippen LogP contribution in [-0.4, -0.2) is 37.5 Å². The first kappa shape index (κ1) is 21.5. The number of hydrogen-bond acceptors (Lipinski definition) is 4. The number of amides is 1. The van der Waals surface area contributed by atoms with Crippen molar-refractivity contribution in [3.05, 3.63) is 64.7 Å². The second-order valence-electron chi connectivity index (χ2n) is 7.18. The summed E-state index contributed by atoms with van der Waals surface area (Å²) in [7, 11) is -3.45. The van der Waals surface area contributed by atoms with Crippen LogP contribution in [0.3, 0.4) is 0 Å². The van der Waals surface area contributed by atoms with E-state index in [1.165, 1.54) is 11.2 Å². The first-order valence-corrected chi connectivity index (χ1v) is 11.4. The first-order chi connectivity index (χ1) is 13.7. The van der Waals surface area contributed by atoms with Crippen LogP contribution < -0.4 is 5.32 Å². The molecule has 29 heavy (non-hydrogen) atoms. The minimum Gasteiger partial charge on any atom is -0.326 e. The van der Waals surface area contributed by atoms with E-state index in [9.17, 15) is 18.0 Å². The van der Waals surface area contributed by atoms with Crippen molar-refractivity contribution in [1.82, 2.24) is 4.31 Å². The van der Waals surface area contributed by atoms with Crippen LogP contribution in [0, 0.1) is 5.92 Å². The van der Waals surface area contributed by atoms with Gasteiger partial charge < -0.3 is 5.32 Å². The molecule has 2 aromatic carbocycles. The molecule has 0 aliphatic carbocycles. The van der Waals surface area contributed by atoms with Crippen LogP contribution >= 0.6 is 11.6 Å². The molecule has 1 heterocycles. The number of sulfonamides is 1. The van der Waals surface area contributed by atoms with E-state index in [0.717, 1.165) is 0 Å². The quantitative estimate of drug-likeness (QED) is 0.702. The molecule has 1 N–H and O–H groups in total. The van der Waals surface area contributed by atoms with Gasteiger partial charge in [0.1, 0.15) is 0 Å². The third-order valence-electron chi connectivity index (χ3n) is 5.02. The molecule has 2 aromatic rings. The maximum absolute atomic E-state index is 12.7. The Morgan fingerprint density at radius 3 is 2.38 bits per heavy atom. The Labute approximate surface area is 175 Å². The second kappa shape index (κ2) is 9.07. The second-order valence-corrected chi connectivity index (χ2v) is 9.59. The summed E-state index contributed by atoms with van der Waals surface area (Å²) in [6.07, 6.45) is 0.913. The number of Topliss-reactive ketones (excluding diaryl/α,β-unsaturated/α-hetero) is 1. The molecule has 1 amide bonds. The number of piperidine rings is 1. The fourth-order valence-electron chi connectivity index (χ4n) is 3.34. The zero-order valence-corrected chi connectivity index (χ0v) is 17.7. The minimum absolute atomic E-state index is 0.0692. The van der Waals surface area contributed by atoms with Gasteiger partial charge >= 0.3 is 0 Å². The van der Waals surface area contributed by atoms with Crippen LogP contribution in [0.25, 0.3) is 0 Å². The lowest BCUT2D eigenvalue weighted by Crippen LogP contribution is -2.41. The number of hydrogen-bond donors (Lipinski definition) is 1. The lowest BCUT2D eigenvalue weighted by molar-refractivity contribution is -0.120. The van der Waals surface area contributed by atoms with Gasteiger partial charge in [-0.05, 0) is 49.6 Å². The van der Waals surface area contributed by atoms with E-state index in [2.05, 4.69) is 5.32 Å². The predicted molar refractivity (Wildman–Crippen MR) is 113 cm³/mol. The summed E-state index contributed by atoms with van der Waals surface area (Å²) >= 11 is 5.84. The number of benzene rings is 2. The van der Waals surface area contributed by atoms with Crippen molar-refractivity contribution in [2.75, 3.05) is 18.4 Å². The Kier molecular flexibility index (Phi) is 6.72. The largest absolute Gasteiger partial charge is 0.326 e. The smallest absolute Gasteiger partial charge is 0.227 e.